The largest absolute Gasteiger partial charge is 0.366 e. The molecule has 0 aliphatic heterocycles. The Morgan fingerprint density at radius 3 is 2.50 bits per heavy atom. The SMILES string of the molecule is NC1CCC(NC(=O)c2c[nH]cc2-c2ccc(F)cc2)CC1. The lowest BCUT2D eigenvalue weighted by Gasteiger charge is -2.26. The van der Waals surface area contributed by atoms with Gasteiger partial charge in [-0.2, -0.15) is 0 Å². The third kappa shape index (κ3) is 3.20. The van der Waals surface area contributed by atoms with E-state index in [9.17, 15) is 9.18 Å². The molecule has 0 radical (unpaired) electrons. The summed E-state index contributed by atoms with van der Waals surface area (Å²) in [6, 6.07) is 6.58. The molecular formula is C17H20FN3O. The number of benzene rings is 1. The number of carbonyl (C=O) groups is 1. The minimum Gasteiger partial charge on any atom is -0.366 e. The zero-order valence-corrected chi connectivity index (χ0v) is 12.3. The first-order valence-electron chi connectivity index (χ1n) is 7.62. The first-order valence-corrected chi connectivity index (χ1v) is 7.62. The lowest BCUT2D eigenvalue weighted by Crippen LogP contribution is -2.40. The highest BCUT2D eigenvalue weighted by Crippen LogP contribution is 2.24. The van der Waals surface area contributed by atoms with Crippen LogP contribution in [0.1, 0.15) is 36.0 Å². The lowest BCUT2D eigenvalue weighted by atomic mass is 9.91. The van der Waals surface area contributed by atoms with Gasteiger partial charge in [0.25, 0.3) is 5.91 Å². The monoisotopic (exact) mass is 301 g/mol. The van der Waals surface area contributed by atoms with Crippen LogP contribution in [0.3, 0.4) is 0 Å². The van der Waals surface area contributed by atoms with Gasteiger partial charge in [0.15, 0.2) is 0 Å². The second-order valence-electron chi connectivity index (χ2n) is 5.87. The Labute approximate surface area is 128 Å². The zero-order chi connectivity index (χ0) is 15.5. The van der Waals surface area contributed by atoms with Crippen LogP contribution in [-0.4, -0.2) is 23.0 Å². The van der Waals surface area contributed by atoms with Gasteiger partial charge in [-0.1, -0.05) is 12.1 Å². The summed E-state index contributed by atoms with van der Waals surface area (Å²) in [5.41, 5.74) is 8.07. The van der Waals surface area contributed by atoms with E-state index in [-0.39, 0.29) is 23.8 Å². The maximum absolute atomic E-state index is 13.0. The quantitative estimate of drug-likeness (QED) is 0.816. The molecule has 4 nitrogen and oxygen atoms in total. The van der Waals surface area contributed by atoms with Gasteiger partial charge in [0, 0.05) is 30.0 Å². The zero-order valence-electron chi connectivity index (χ0n) is 12.3. The van der Waals surface area contributed by atoms with Crippen LogP contribution in [0.4, 0.5) is 4.39 Å². The second kappa shape index (κ2) is 6.32. The van der Waals surface area contributed by atoms with E-state index < -0.39 is 0 Å². The molecule has 0 spiro atoms. The number of nitrogens with one attached hydrogen (secondary N) is 2. The summed E-state index contributed by atoms with van der Waals surface area (Å²) >= 11 is 0. The Kier molecular flexibility index (Phi) is 4.24. The van der Waals surface area contributed by atoms with Crippen molar-refractivity contribution in [3.8, 4) is 11.1 Å². The van der Waals surface area contributed by atoms with Gasteiger partial charge in [-0.25, -0.2) is 4.39 Å². The van der Waals surface area contributed by atoms with E-state index in [0.29, 0.717) is 5.56 Å². The number of nitrogens with two attached hydrogens (primary N) is 1. The summed E-state index contributed by atoms with van der Waals surface area (Å²) in [6.45, 7) is 0. The van der Waals surface area contributed by atoms with E-state index in [1.165, 1.54) is 12.1 Å². The number of carbonyl (C=O) groups excluding carboxylic acids is 1. The van der Waals surface area contributed by atoms with E-state index in [0.717, 1.165) is 36.8 Å². The van der Waals surface area contributed by atoms with Crippen molar-refractivity contribution in [2.75, 3.05) is 0 Å². The fourth-order valence-electron chi connectivity index (χ4n) is 2.95. The summed E-state index contributed by atoms with van der Waals surface area (Å²) in [5.74, 6) is -0.384. The van der Waals surface area contributed by atoms with Gasteiger partial charge in [0.1, 0.15) is 5.82 Å². The summed E-state index contributed by atoms with van der Waals surface area (Å²) in [6.07, 6.45) is 7.18. The average Bonchev–Trinajstić information content (AvgIpc) is 3.00. The molecule has 0 atom stereocenters. The van der Waals surface area contributed by atoms with E-state index in [1.807, 2.05) is 0 Å². The van der Waals surface area contributed by atoms with E-state index >= 15 is 0 Å². The third-order valence-corrected chi connectivity index (χ3v) is 4.25. The van der Waals surface area contributed by atoms with Crippen LogP contribution in [-0.2, 0) is 0 Å². The number of hydrogen-bond acceptors (Lipinski definition) is 2. The molecule has 1 heterocycles. The molecule has 4 N–H and O–H groups in total. The third-order valence-electron chi connectivity index (χ3n) is 4.25. The molecule has 3 rings (SSSR count). The fraction of sp³-hybridized carbons (Fsp3) is 0.353. The molecule has 1 aromatic carbocycles. The van der Waals surface area contributed by atoms with Gasteiger partial charge in [-0.15, -0.1) is 0 Å². The van der Waals surface area contributed by atoms with Gasteiger partial charge in [-0.05, 0) is 43.4 Å². The van der Waals surface area contributed by atoms with E-state index in [1.54, 1.807) is 24.5 Å². The summed E-state index contributed by atoms with van der Waals surface area (Å²) < 4.78 is 13.0. The fourth-order valence-corrected chi connectivity index (χ4v) is 2.95. The molecule has 1 fully saturated rings. The van der Waals surface area contributed by atoms with Crippen LogP contribution < -0.4 is 11.1 Å². The maximum atomic E-state index is 13.0. The molecule has 0 saturated heterocycles. The summed E-state index contributed by atoms with van der Waals surface area (Å²) in [4.78, 5) is 15.4. The van der Waals surface area contributed by atoms with Gasteiger partial charge in [0.05, 0.1) is 5.56 Å². The number of aromatic amines is 1. The Balaban J connectivity index is 1.74. The smallest absolute Gasteiger partial charge is 0.253 e. The molecule has 0 unspecified atom stereocenters. The molecule has 1 aromatic heterocycles. The highest BCUT2D eigenvalue weighted by molar-refractivity contribution is 6.00. The van der Waals surface area contributed by atoms with E-state index in [4.69, 9.17) is 5.73 Å². The van der Waals surface area contributed by atoms with Crippen LogP contribution in [0, 0.1) is 5.82 Å². The van der Waals surface area contributed by atoms with Crippen LogP contribution in [0.15, 0.2) is 36.7 Å². The van der Waals surface area contributed by atoms with Crippen molar-refractivity contribution in [3.63, 3.8) is 0 Å². The molecule has 1 aliphatic carbocycles. The van der Waals surface area contributed by atoms with Gasteiger partial charge < -0.3 is 16.0 Å². The number of halogens is 1. The normalized spacial score (nSPS) is 21.5. The number of amides is 1. The van der Waals surface area contributed by atoms with Crippen molar-refractivity contribution >= 4 is 5.91 Å². The molecule has 1 amide bonds. The van der Waals surface area contributed by atoms with E-state index in [2.05, 4.69) is 10.3 Å². The molecule has 0 bridgehead atoms. The van der Waals surface area contributed by atoms with Crippen molar-refractivity contribution in [2.24, 2.45) is 5.73 Å². The summed E-state index contributed by atoms with van der Waals surface area (Å²) in [5, 5.41) is 3.07. The average molecular weight is 301 g/mol. The number of hydrogen-bond donors (Lipinski definition) is 3. The number of H-pyrrole nitrogens is 1. The van der Waals surface area contributed by atoms with Gasteiger partial charge >= 0.3 is 0 Å². The maximum Gasteiger partial charge on any atom is 0.253 e. The topological polar surface area (TPSA) is 70.9 Å². The molecule has 2 aromatic rings. The van der Waals surface area contributed by atoms with Crippen LogP contribution in [0.25, 0.3) is 11.1 Å². The predicted molar refractivity (Wildman–Crippen MR) is 83.9 cm³/mol. The Hall–Kier alpha value is -2.14. The van der Waals surface area contributed by atoms with Crippen molar-refractivity contribution in [1.29, 1.82) is 0 Å². The van der Waals surface area contributed by atoms with Crippen molar-refractivity contribution in [2.45, 2.75) is 37.8 Å². The lowest BCUT2D eigenvalue weighted by molar-refractivity contribution is 0.0926. The van der Waals surface area contributed by atoms with Crippen molar-refractivity contribution in [1.82, 2.24) is 10.3 Å². The molecule has 22 heavy (non-hydrogen) atoms. The number of rotatable bonds is 3. The first-order chi connectivity index (χ1) is 10.6. The van der Waals surface area contributed by atoms with Crippen LogP contribution in [0.2, 0.25) is 0 Å². The Bertz CT molecular complexity index is 642. The number of aromatic nitrogens is 1. The molecule has 1 aliphatic rings. The minimum absolute atomic E-state index is 0.0963. The van der Waals surface area contributed by atoms with Crippen LogP contribution >= 0.6 is 0 Å². The Morgan fingerprint density at radius 2 is 1.82 bits per heavy atom. The van der Waals surface area contributed by atoms with Crippen molar-refractivity contribution < 1.29 is 9.18 Å². The summed E-state index contributed by atoms with van der Waals surface area (Å²) in [7, 11) is 0. The van der Waals surface area contributed by atoms with Gasteiger partial charge in [-0.3, -0.25) is 4.79 Å². The molecule has 1 saturated carbocycles. The highest BCUT2D eigenvalue weighted by Gasteiger charge is 2.22. The molecule has 116 valence electrons. The highest BCUT2D eigenvalue weighted by atomic mass is 19.1. The van der Waals surface area contributed by atoms with Gasteiger partial charge in [0.2, 0.25) is 0 Å². The second-order valence-corrected chi connectivity index (χ2v) is 5.87. The predicted octanol–water partition coefficient (Wildman–Crippen LogP) is 2.82. The Morgan fingerprint density at radius 1 is 1.14 bits per heavy atom. The minimum atomic E-state index is -0.288. The first kappa shape index (κ1) is 14.8. The molecular weight excluding hydrogens is 281 g/mol. The van der Waals surface area contributed by atoms with Crippen LogP contribution in [0.5, 0.6) is 0 Å². The molecule has 5 heteroatoms. The standard InChI is InChI=1S/C17H20FN3O/c18-12-3-1-11(2-4-12)15-9-20-10-16(15)17(22)21-14-7-5-13(19)6-8-14/h1-4,9-10,13-14,20H,5-8,19H2,(H,21,22). The van der Waals surface area contributed by atoms with Crippen molar-refractivity contribution in [3.05, 3.63) is 48.0 Å².